The molecule has 0 saturated carbocycles. The molecule has 1 aliphatic heterocycles. The molecule has 1 fully saturated rings. The largest absolute Gasteiger partial charge is 0.493 e. The molecule has 3 aromatic rings. The molecule has 8 nitrogen and oxygen atoms in total. The summed E-state index contributed by atoms with van der Waals surface area (Å²) in [6.07, 6.45) is 3.61. The first-order chi connectivity index (χ1) is 16.1. The van der Waals surface area contributed by atoms with E-state index in [1.54, 1.807) is 4.90 Å². The third kappa shape index (κ3) is 5.14. The van der Waals surface area contributed by atoms with E-state index in [1.165, 1.54) is 0 Å². The Balaban J connectivity index is 1.46. The minimum Gasteiger partial charge on any atom is -0.493 e. The highest BCUT2D eigenvalue weighted by Gasteiger charge is 2.28. The average Bonchev–Trinajstić information content (AvgIpc) is 3.17. The lowest BCUT2D eigenvalue weighted by molar-refractivity contribution is 0.0139. The fourth-order valence-corrected chi connectivity index (χ4v) is 4.27. The van der Waals surface area contributed by atoms with Gasteiger partial charge in [0.25, 0.3) is 0 Å². The van der Waals surface area contributed by atoms with E-state index in [0.29, 0.717) is 13.2 Å². The second kappa shape index (κ2) is 9.34. The van der Waals surface area contributed by atoms with Gasteiger partial charge in [0, 0.05) is 43.2 Å². The molecule has 8 heteroatoms. The number of ether oxygens (including phenoxy) is 2. The van der Waals surface area contributed by atoms with Crippen molar-refractivity contribution in [2.45, 2.75) is 46.1 Å². The summed E-state index contributed by atoms with van der Waals surface area (Å²) in [4.78, 5) is 23.0. The SMILES string of the molecule is Cc1cc(-c2nc(C#N)nc3c2ccn3C)ccc1OCC1CCCN(C(=O)OC(C)(C)C)C1. The second-order valence-corrected chi connectivity index (χ2v) is 9.90. The van der Waals surface area contributed by atoms with Gasteiger partial charge in [0.05, 0.1) is 12.3 Å². The van der Waals surface area contributed by atoms with Crippen molar-refractivity contribution in [1.82, 2.24) is 19.4 Å². The zero-order chi connectivity index (χ0) is 24.5. The Kier molecular flexibility index (Phi) is 6.47. The van der Waals surface area contributed by atoms with Gasteiger partial charge in [-0.05, 0) is 70.4 Å². The molecule has 1 aliphatic rings. The minimum atomic E-state index is -0.498. The van der Waals surface area contributed by atoms with Gasteiger partial charge in [-0.15, -0.1) is 0 Å². The van der Waals surface area contributed by atoms with E-state index >= 15 is 0 Å². The predicted molar refractivity (Wildman–Crippen MR) is 129 cm³/mol. The van der Waals surface area contributed by atoms with Crippen molar-refractivity contribution in [3.8, 4) is 23.1 Å². The number of carbonyl (C=O) groups is 1. The smallest absolute Gasteiger partial charge is 0.410 e. The molecule has 0 N–H and O–H groups in total. The number of nitrogens with zero attached hydrogens (tertiary/aromatic N) is 5. The van der Waals surface area contributed by atoms with Crippen LogP contribution in [0.5, 0.6) is 5.75 Å². The van der Waals surface area contributed by atoms with Crippen LogP contribution in [0.15, 0.2) is 30.5 Å². The van der Waals surface area contributed by atoms with Crippen molar-refractivity contribution in [2.24, 2.45) is 13.0 Å². The van der Waals surface area contributed by atoms with Crippen LogP contribution < -0.4 is 4.74 Å². The van der Waals surface area contributed by atoms with Gasteiger partial charge in [0.2, 0.25) is 5.82 Å². The van der Waals surface area contributed by atoms with Crippen LogP contribution in [0, 0.1) is 24.2 Å². The van der Waals surface area contributed by atoms with Crippen molar-refractivity contribution in [2.75, 3.05) is 19.7 Å². The number of aromatic nitrogens is 3. The monoisotopic (exact) mass is 461 g/mol. The second-order valence-electron chi connectivity index (χ2n) is 9.90. The number of hydrogen-bond acceptors (Lipinski definition) is 6. The van der Waals surface area contributed by atoms with Crippen LogP contribution in [0.2, 0.25) is 0 Å². The summed E-state index contributed by atoms with van der Waals surface area (Å²) in [5.74, 6) is 1.20. The molecular weight excluding hydrogens is 430 g/mol. The van der Waals surface area contributed by atoms with Gasteiger partial charge in [-0.3, -0.25) is 0 Å². The number of benzene rings is 1. The van der Waals surface area contributed by atoms with Crippen LogP contribution in [0.25, 0.3) is 22.3 Å². The molecule has 2 aromatic heterocycles. The topological polar surface area (TPSA) is 93.3 Å². The van der Waals surface area contributed by atoms with Crippen LogP contribution in [0.3, 0.4) is 0 Å². The summed E-state index contributed by atoms with van der Waals surface area (Å²) < 4.78 is 13.6. The van der Waals surface area contributed by atoms with Gasteiger partial charge in [0.15, 0.2) is 0 Å². The summed E-state index contributed by atoms with van der Waals surface area (Å²) >= 11 is 0. The minimum absolute atomic E-state index is 0.147. The number of rotatable bonds is 4. The molecule has 34 heavy (non-hydrogen) atoms. The maximum atomic E-state index is 12.4. The highest BCUT2D eigenvalue weighted by molar-refractivity contribution is 5.91. The summed E-state index contributed by atoms with van der Waals surface area (Å²) in [7, 11) is 1.90. The van der Waals surface area contributed by atoms with Gasteiger partial charge in [0.1, 0.15) is 23.1 Å². The number of hydrogen-bond donors (Lipinski definition) is 0. The van der Waals surface area contributed by atoms with Crippen LogP contribution >= 0.6 is 0 Å². The van der Waals surface area contributed by atoms with Crippen molar-refractivity contribution in [1.29, 1.82) is 5.26 Å². The third-order valence-corrected chi connectivity index (χ3v) is 5.92. The van der Waals surface area contributed by atoms with E-state index < -0.39 is 5.60 Å². The van der Waals surface area contributed by atoms with E-state index in [0.717, 1.165) is 53.0 Å². The molecule has 3 heterocycles. The number of amides is 1. The fraction of sp³-hybridized carbons (Fsp3) is 0.462. The summed E-state index contributed by atoms with van der Waals surface area (Å²) in [5, 5.41) is 10.3. The Morgan fingerprint density at radius 1 is 1.26 bits per heavy atom. The Morgan fingerprint density at radius 2 is 2.06 bits per heavy atom. The number of likely N-dealkylation sites (tertiary alicyclic amines) is 1. The maximum absolute atomic E-state index is 12.4. The molecule has 0 radical (unpaired) electrons. The van der Waals surface area contributed by atoms with Gasteiger partial charge in [-0.1, -0.05) is 0 Å². The Bertz CT molecular complexity index is 1250. The molecule has 1 saturated heterocycles. The molecule has 1 atom stereocenters. The third-order valence-electron chi connectivity index (χ3n) is 5.92. The zero-order valence-corrected chi connectivity index (χ0v) is 20.5. The first-order valence-corrected chi connectivity index (χ1v) is 11.6. The van der Waals surface area contributed by atoms with Gasteiger partial charge in [-0.25, -0.2) is 14.8 Å². The Morgan fingerprint density at radius 3 is 2.76 bits per heavy atom. The van der Waals surface area contributed by atoms with Gasteiger partial charge >= 0.3 is 6.09 Å². The van der Waals surface area contributed by atoms with Crippen molar-refractivity contribution < 1.29 is 14.3 Å². The molecule has 1 amide bonds. The van der Waals surface area contributed by atoms with Crippen LogP contribution in [0.1, 0.15) is 45.0 Å². The standard InChI is InChI=1S/C26H31N5O3/c1-17-13-19(23-20-10-12-30(5)24(20)29-22(14-27)28-23)8-9-21(17)33-16-18-7-6-11-31(15-18)25(32)34-26(2,3)4/h8-10,12-13,18H,6-7,11,15-16H2,1-5H3. The Labute approximate surface area is 200 Å². The lowest BCUT2D eigenvalue weighted by Crippen LogP contribution is -2.44. The predicted octanol–water partition coefficient (Wildman–Crippen LogP) is 4.84. The molecule has 0 spiro atoms. The lowest BCUT2D eigenvalue weighted by Gasteiger charge is -2.34. The highest BCUT2D eigenvalue weighted by Crippen LogP contribution is 2.31. The molecular formula is C26H31N5O3. The molecule has 178 valence electrons. The van der Waals surface area contributed by atoms with Crippen LogP contribution in [0.4, 0.5) is 4.79 Å². The first-order valence-electron chi connectivity index (χ1n) is 11.6. The van der Waals surface area contributed by atoms with Crippen LogP contribution in [-0.2, 0) is 11.8 Å². The van der Waals surface area contributed by atoms with Gasteiger partial charge < -0.3 is 18.9 Å². The molecule has 1 unspecified atom stereocenters. The normalized spacial score (nSPS) is 16.4. The van der Waals surface area contributed by atoms with E-state index in [2.05, 4.69) is 16.0 Å². The number of fused-ring (bicyclic) bond motifs is 1. The first kappa shape index (κ1) is 23.6. The zero-order valence-electron chi connectivity index (χ0n) is 20.5. The summed E-state index contributed by atoms with van der Waals surface area (Å²) in [5.41, 5.74) is 2.86. The maximum Gasteiger partial charge on any atom is 0.410 e. The highest BCUT2D eigenvalue weighted by atomic mass is 16.6. The van der Waals surface area contributed by atoms with Crippen molar-refractivity contribution in [3.05, 3.63) is 41.9 Å². The average molecular weight is 462 g/mol. The number of nitriles is 1. The molecule has 0 aliphatic carbocycles. The van der Waals surface area contributed by atoms with E-state index in [-0.39, 0.29) is 17.8 Å². The molecule has 1 aromatic carbocycles. The molecule has 0 bridgehead atoms. The Hall–Kier alpha value is -3.60. The fourth-order valence-electron chi connectivity index (χ4n) is 4.27. The van der Waals surface area contributed by atoms with E-state index in [4.69, 9.17) is 9.47 Å². The van der Waals surface area contributed by atoms with Gasteiger partial charge in [-0.2, -0.15) is 5.26 Å². The summed E-state index contributed by atoms with van der Waals surface area (Å²) in [6, 6.07) is 9.96. The van der Waals surface area contributed by atoms with E-state index in [1.807, 2.05) is 69.8 Å². The number of piperidine rings is 1. The number of carbonyl (C=O) groups excluding carboxylic acids is 1. The van der Waals surface area contributed by atoms with E-state index in [9.17, 15) is 10.1 Å². The van der Waals surface area contributed by atoms with Crippen molar-refractivity contribution in [3.63, 3.8) is 0 Å². The van der Waals surface area contributed by atoms with Crippen LogP contribution in [-0.4, -0.2) is 50.8 Å². The molecule has 4 rings (SSSR count). The lowest BCUT2D eigenvalue weighted by atomic mass is 9.99. The quantitative estimate of drug-likeness (QED) is 0.552. The van der Waals surface area contributed by atoms with Crippen molar-refractivity contribution >= 4 is 17.1 Å². The summed E-state index contributed by atoms with van der Waals surface area (Å²) in [6.45, 7) is 9.54. The number of aryl methyl sites for hydroxylation is 2.